The predicted molar refractivity (Wildman–Crippen MR) is 46.7 cm³/mol. The van der Waals surface area contributed by atoms with Gasteiger partial charge in [-0.05, 0) is 13.8 Å². The van der Waals surface area contributed by atoms with E-state index in [9.17, 15) is 9.59 Å². The lowest BCUT2D eigenvalue weighted by Gasteiger charge is -1.99. The largest absolute Gasteiger partial charge is 0.466 e. The van der Waals surface area contributed by atoms with Crippen LogP contribution in [0.3, 0.4) is 0 Å². The van der Waals surface area contributed by atoms with Gasteiger partial charge in [0.15, 0.2) is 0 Å². The quantitative estimate of drug-likeness (QED) is 0.375. The average Bonchev–Trinajstić information content (AvgIpc) is 2.11. The predicted octanol–water partition coefficient (Wildman–Crippen LogP) is 1.18. The third kappa shape index (κ3) is 4.10. The van der Waals surface area contributed by atoms with Crippen LogP contribution in [-0.4, -0.2) is 19.0 Å². The summed E-state index contributed by atoms with van der Waals surface area (Å²) >= 11 is 0. The van der Waals surface area contributed by atoms with Crippen LogP contribution in [0.1, 0.15) is 13.8 Å². The van der Waals surface area contributed by atoms with Gasteiger partial charge < -0.3 is 9.47 Å². The number of hydrogen-bond donors (Lipinski definition) is 0. The molecule has 0 spiro atoms. The van der Waals surface area contributed by atoms with Crippen LogP contribution in [-0.2, 0) is 19.1 Å². The van der Waals surface area contributed by atoms with E-state index in [-0.39, 0.29) is 11.1 Å². The lowest BCUT2D eigenvalue weighted by molar-refractivity contribution is -0.136. The van der Waals surface area contributed by atoms with Gasteiger partial charge in [0, 0.05) is 5.57 Å². The lowest BCUT2D eigenvalue weighted by atomic mass is 10.3. The Balaban J connectivity index is 4.20. The van der Waals surface area contributed by atoms with Crippen molar-refractivity contribution in [3.8, 4) is 0 Å². The van der Waals surface area contributed by atoms with Crippen molar-refractivity contribution in [2.45, 2.75) is 13.8 Å². The molecule has 4 heteroatoms. The fourth-order valence-corrected chi connectivity index (χ4v) is 0.452. The van der Waals surface area contributed by atoms with Gasteiger partial charge in [-0.3, -0.25) is 0 Å². The van der Waals surface area contributed by atoms with Crippen LogP contribution < -0.4 is 0 Å². The van der Waals surface area contributed by atoms with Crippen molar-refractivity contribution >= 4 is 11.9 Å². The van der Waals surface area contributed by atoms with Gasteiger partial charge in [0.1, 0.15) is 6.26 Å². The lowest BCUT2D eigenvalue weighted by Crippen LogP contribution is -2.05. The van der Waals surface area contributed by atoms with E-state index in [1.54, 1.807) is 0 Å². The standard InChI is InChI=1S/C9H12O4/c1-6(2)8(10)13-5-7(3)9(11)12-4/h5H,1H2,2-4H3/b7-5+. The van der Waals surface area contributed by atoms with Crippen LogP contribution in [0, 0.1) is 0 Å². The summed E-state index contributed by atoms with van der Waals surface area (Å²) in [5, 5.41) is 0. The highest BCUT2D eigenvalue weighted by Crippen LogP contribution is 1.99. The number of ether oxygens (including phenoxy) is 2. The van der Waals surface area contributed by atoms with Gasteiger partial charge in [-0.1, -0.05) is 6.58 Å². The summed E-state index contributed by atoms with van der Waals surface area (Å²) in [6.45, 7) is 6.38. The Morgan fingerprint density at radius 1 is 1.23 bits per heavy atom. The zero-order valence-corrected chi connectivity index (χ0v) is 7.92. The van der Waals surface area contributed by atoms with E-state index in [1.165, 1.54) is 21.0 Å². The fraction of sp³-hybridized carbons (Fsp3) is 0.333. The molecule has 0 N–H and O–H groups in total. The first-order valence-corrected chi connectivity index (χ1v) is 3.60. The van der Waals surface area contributed by atoms with Crippen LogP contribution in [0.4, 0.5) is 0 Å². The molecule has 0 aromatic heterocycles. The first kappa shape index (κ1) is 11.4. The highest BCUT2D eigenvalue weighted by molar-refractivity contribution is 5.90. The van der Waals surface area contributed by atoms with Crippen molar-refractivity contribution in [1.82, 2.24) is 0 Å². The van der Waals surface area contributed by atoms with Gasteiger partial charge in [-0.2, -0.15) is 0 Å². The second-order valence-electron chi connectivity index (χ2n) is 2.48. The molecule has 0 unspecified atom stereocenters. The van der Waals surface area contributed by atoms with Gasteiger partial charge in [0.25, 0.3) is 0 Å². The molecule has 0 amide bonds. The molecule has 0 radical (unpaired) electrons. The van der Waals surface area contributed by atoms with Crippen molar-refractivity contribution < 1.29 is 19.1 Å². The van der Waals surface area contributed by atoms with Crippen LogP contribution in [0.15, 0.2) is 24.0 Å². The fourth-order valence-electron chi connectivity index (χ4n) is 0.452. The van der Waals surface area contributed by atoms with Gasteiger partial charge in [0.2, 0.25) is 0 Å². The van der Waals surface area contributed by atoms with E-state index in [1.807, 2.05) is 0 Å². The Labute approximate surface area is 76.8 Å². The Morgan fingerprint density at radius 3 is 2.15 bits per heavy atom. The minimum absolute atomic E-state index is 0.220. The highest BCUT2D eigenvalue weighted by Gasteiger charge is 2.05. The number of hydrogen-bond acceptors (Lipinski definition) is 4. The smallest absolute Gasteiger partial charge is 0.337 e. The first-order valence-electron chi connectivity index (χ1n) is 3.60. The third-order valence-corrected chi connectivity index (χ3v) is 1.20. The highest BCUT2D eigenvalue weighted by atomic mass is 16.5. The SMILES string of the molecule is C=C(C)C(=O)O/C=C(\C)C(=O)OC. The molecule has 0 aromatic rings. The second kappa shape index (κ2) is 5.13. The molecule has 72 valence electrons. The van der Waals surface area contributed by atoms with E-state index in [2.05, 4.69) is 16.1 Å². The third-order valence-electron chi connectivity index (χ3n) is 1.20. The number of carbonyl (C=O) groups excluding carboxylic acids is 2. The van der Waals surface area contributed by atoms with Crippen molar-refractivity contribution in [1.29, 1.82) is 0 Å². The second-order valence-corrected chi connectivity index (χ2v) is 2.48. The van der Waals surface area contributed by atoms with E-state index in [0.717, 1.165) is 6.26 Å². The monoisotopic (exact) mass is 184 g/mol. The summed E-state index contributed by atoms with van der Waals surface area (Å²) in [7, 11) is 1.25. The summed E-state index contributed by atoms with van der Waals surface area (Å²) < 4.78 is 8.97. The molecule has 4 nitrogen and oxygen atoms in total. The minimum atomic E-state index is -0.566. The maximum atomic E-state index is 10.8. The van der Waals surface area contributed by atoms with Crippen molar-refractivity contribution in [3.63, 3.8) is 0 Å². The van der Waals surface area contributed by atoms with Gasteiger partial charge in [-0.25, -0.2) is 9.59 Å². The van der Waals surface area contributed by atoms with Crippen molar-refractivity contribution in [3.05, 3.63) is 24.0 Å². The van der Waals surface area contributed by atoms with Crippen molar-refractivity contribution in [2.24, 2.45) is 0 Å². The normalized spacial score (nSPS) is 10.5. The van der Waals surface area contributed by atoms with Crippen LogP contribution in [0.25, 0.3) is 0 Å². The van der Waals surface area contributed by atoms with Crippen LogP contribution >= 0.6 is 0 Å². The van der Waals surface area contributed by atoms with Crippen molar-refractivity contribution in [2.75, 3.05) is 7.11 Å². The molecule has 0 aliphatic rings. The number of carbonyl (C=O) groups is 2. The summed E-state index contributed by atoms with van der Waals surface area (Å²) in [6.07, 6.45) is 1.04. The molecule has 0 heterocycles. The van der Waals surface area contributed by atoms with Crippen LogP contribution in [0.5, 0.6) is 0 Å². The molecular formula is C9H12O4. The molecule has 0 aromatic carbocycles. The van der Waals surface area contributed by atoms with Gasteiger partial charge >= 0.3 is 11.9 Å². The van der Waals surface area contributed by atoms with E-state index < -0.39 is 11.9 Å². The number of esters is 2. The summed E-state index contributed by atoms with van der Waals surface area (Å²) in [6, 6.07) is 0. The molecular weight excluding hydrogens is 172 g/mol. The van der Waals surface area contributed by atoms with E-state index in [4.69, 9.17) is 0 Å². The summed E-state index contributed by atoms with van der Waals surface area (Å²) in [4.78, 5) is 21.6. The Kier molecular flexibility index (Phi) is 4.51. The van der Waals surface area contributed by atoms with E-state index >= 15 is 0 Å². The molecule has 0 saturated carbocycles. The molecule has 0 saturated heterocycles. The Hall–Kier alpha value is -1.58. The zero-order chi connectivity index (χ0) is 10.4. The maximum absolute atomic E-state index is 10.8. The first-order chi connectivity index (χ1) is 5.99. The summed E-state index contributed by atoms with van der Waals surface area (Å²) in [5.74, 6) is -1.10. The zero-order valence-electron chi connectivity index (χ0n) is 7.92. The molecule has 0 bridgehead atoms. The molecule has 0 fully saturated rings. The Morgan fingerprint density at radius 2 is 1.77 bits per heavy atom. The minimum Gasteiger partial charge on any atom is -0.466 e. The van der Waals surface area contributed by atoms with Gasteiger partial charge in [-0.15, -0.1) is 0 Å². The summed E-state index contributed by atoms with van der Waals surface area (Å²) in [5.41, 5.74) is 0.492. The Bertz CT molecular complexity index is 263. The average molecular weight is 184 g/mol. The van der Waals surface area contributed by atoms with Gasteiger partial charge in [0.05, 0.1) is 12.7 Å². The molecule has 0 rings (SSSR count). The van der Waals surface area contributed by atoms with E-state index in [0.29, 0.717) is 0 Å². The molecule has 13 heavy (non-hydrogen) atoms. The van der Waals surface area contributed by atoms with Crippen LogP contribution in [0.2, 0.25) is 0 Å². The topological polar surface area (TPSA) is 52.6 Å². The number of rotatable bonds is 3. The molecule has 0 aliphatic carbocycles. The molecule has 0 aliphatic heterocycles. The molecule has 0 atom stereocenters. The number of methoxy groups -OCH3 is 1. The maximum Gasteiger partial charge on any atom is 0.337 e.